The highest BCUT2D eigenvalue weighted by Gasteiger charge is 2.08. The molecule has 2 aromatic rings. The zero-order valence-electron chi connectivity index (χ0n) is 12.8. The van der Waals surface area contributed by atoms with Crippen LogP contribution < -0.4 is 16.0 Å². The minimum atomic E-state index is -0.114. The molecule has 3 rings (SSSR count). The van der Waals surface area contributed by atoms with E-state index in [1.807, 2.05) is 24.3 Å². The average Bonchev–Trinajstić information content (AvgIpc) is 3.12. The molecule has 0 fully saturated rings. The van der Waals surface area contributed by atoms with Crippen LogP contribution in [0.5, 0.6) is 0 Å². The maximum Gasteiger partial charge on any atom is 0.251 e. The quantitative estimate of drug-likeness (QED) is 0.784. The van der Waals surface area contributed by atoms with Crippen LogP contribution in [0.3, 0.4) is 0 Å². The molecule has 1 aromatic heterocycles. The number of hydrogen-bond donors (Lipinski definition) is 3. The lowest BCUT2D eigenvalue weighted by molar-refractivity contribution is 0.0948. The lowest BCUT2D eigenvalue weighted by Crippen LogP contribution is -2.40. The van der Waals surface area contributed by atoms with Crippen molar-refractivity contribution in [3.05, 3.63) is 59.5 Å². The predicted molar refractivity (Wildman–Crippen MR) is 88.1 cm³/mol. The molecule has 0 saturated heterocycles. The van der Waals surface area contributed by atoms with Crippen molar-refractivity contribution in [2.75, 3.05) is 13.1 Å². The summed E-state index contributed by atoms with van der Waals surface area (Å²) in [5.74, 6) is 1.44. The summed E-state index contributed by atoms with van der Waals surface area (Å²) in [6.45, 7) is 2.81. The van der Waals surface area contributed by atoms with Gasteiger partial charge in [-0.05, 0) is 36.2 Å². The SMILES string of the molecule is O=C(NCc1ccco1)c1cccc(CNC2=NCCCN2)c1. The smallest absolute Gasteiger partial charge is 0.251 e. The van der Waals surface area contributed by atoms with E-state index in [-0.39, 0.29) is 5.91 Å². The maximum absolute atomic E-state index is 12.2. The van der Waals surface area contributed by atoms with Gasteiger partial charge in [0.25, 0.3) is 5.91 Å². The largest absolute Gasteiger partial charge is 0.467 e. The summed E-state index contributed by atoms with van der Waals surface area (Å²) in [5.41, 5.74) is 1.67. The highest BCUT2D eigenvalue weighted by atomic mass is 16.3. The number of furan rings is 1. The summed E-state index contributed by atoms with van der Waals surface area (Å²) in [4.78, 5) is 16.6. The van der Waals surface area contributed by atoms with Crippen molar-refractivity contribution < 1.29 is 9.21 Å². The standard InChI is InChI=1S/C17H20N4O2/c22-16(20-12-15-6-2-9-23-15)14-5-1-4-13(10-14)11-21-17-18-7-3-8-19-17/h1-2,4-6,9-10H,3,7-8,11-12H2,(H,20,22)(H2,18,19,21). The fourth-order valence-electron chi connectivity index (χ4n) is 2.34. The van der Waals surface area contributed by atoms with Gasteiger partial charge in [-0.3, -0.25) is 9.79 Å². The highest BCUT2D eigenvalue weighted by molar-refractivity contribution is 5.94. The lowest BCUT2D eigenvalue weighted by atomic mass is 10.1. The van der Waals surface area contributed by atoms with E-state index in [0.717, 1.165) is 36.8 Å². The molecule has 0 bridgehead atoms. The third kappa shape index (κ3) is 4.35. The number of nitrogens with zero attached hydrogens (tertiary/aromatic N) is 1. The van der Waals surface area contributed by atoms with Crippen LogP contribution in [0, 0.1) is 0 Å². The van der Waals surface area contributed by atoms with Crippen molar-refractivity contribution in [1.29, 1.82) is 0 Å². The Bertz CT molecular complexity index is 680. The molecule has 6 nitrogen and oxygen atoms in total. The first-order valence-electron chi connectivity index (χ1n) is 7.73. The molecule has 0 spiro atoms. The molecule has 0 unspecified atom stereocenters. The summed E-state index contributed by atoms with van der Waals surface area (Å²) in [5, 5.41) is 9.31. The molecule has 1 aliphatic rings. The number of aliphatic imine (C=N–C) groups is 1. The predicted octanol–water partition coefficient (Wildman–Crippen LogP) is 1.65. The van der Waals surface area contributed by atoms with Gasteiger partial charge in [-0.1, -0.05) is 12.1 Å². The zero-order valence-corrected chi connectivity index (χ0v) is 12.8. The Morgan fingerprint density at radius 2 is 2.22 bits per heavy atom. The van der Waals surface area contributed by atoms with E-state index in [4.69, 9.17) is 4.42 Å². The summed E-state index contributed by atoms with van der Waals surface area (Å²) in [7, 11) is 0. The van der Waals surface area contributed by atoms with Crippen molar-refractivity contribution in [2.45, 2.75) is 19.5 Å². The van der Waals surface area contributed by atoms with Crippen LogP contribution >= 0.6 is 0 Å². The fourth-order valence-corrected chi connectivity index (χ4v) is 2.34. The second kappa shape index (κ2) is 7.49. The van der Waals surface area contributed by atoms with Crippen molar-refractivity contribution in [3.63, 3.8) is 0 Å². The van der Waals surface area contributed by atoms with Crippen LogP contribution in [0.1, 0.15) is 28.1 Å². The van der Waals surface area contributed by atoms with Crippen molar-refractivity contribution in [2.24, 2.45) is 4.99 Å². The van der Waals surface area contributed by atoms with Crippen LogP contribution in [-0.2, 0) is 13.1 Å². The third-order valence-corrected chi connectivity index (χ3v) is 3.55. The number of nitrogens with one attached hydrogen (secondary N) is 3. The van der Waals surface area contributed by atoms with Crippen LogP contribution in [0.2, 0.25) is 0 Å². The minimum Gasteiger partial charge on any atom is -0.467 e. The Labute approximate surface area is 135 Å². The Balaban J connectivity index is 1.55. The minimum absolute atomic E-state index is 0.114. The van der Waals surface area contributed by atoms with E-state index in [1.54, 1.807) is 18.4 Å². The summed E-state index contributed by atoms with van der Waals surface area (Å²) in [6.07, 6.45) is 2.66. The van der Waals surface area contributed by atoms with Gasteiger partial charge in [0.15, 0.2) is 5.96 Å². The normalized spacial score (nSPS) is 13.8. The van der Waals surface area contributed by atoms with E-state index >= 15 is 0 Å². The van der Waals surface area contributed by atoms with Gasteiger partial charge in [-0.2, -0.15) is 0 Å². The van der Waals surface area contributed by atoms with E-state index < -0.39 is 0 Å². The second-order valence-electron chi connectivity index (χ2n) is 5.33. The van der Waals surface area contributed by atoms with E-state index in [9.17, 15) is 4.79 Å². The van der Waals surface area contributed by atoms with Gasteiger partial charge >= 0.3 is 0 Å². The summed E-state index contributed by atoms with van der Waals surface area (Å²) in [6, 6.07) is 11.2. The molecule has 0 atom stereocenters. The van der Waals surface area contributed by atoms with Gasteiger partial charge in [0.05, 0.1) is 12.8 Å². The molecule has 1 amide bonds. The van der Waals surface area contributed by atoms with Crippen molar-refractivity contribution in [3.8, 4) is 0 Å². The van der Waals surface area contributed by atoms with Crippen molar-refractivity contribution >= 4 is 11.9 Å². The molecule has 1 aromatic carbocycles. The number of benzene rings is 1. The first kappa shape index (κ1) is 15.1. The Hall–Kier alpha value is -2.76. The number of carbonyl (C=O) groups excluding carboxylic acids is 1. The third-order valence-electron chi connectivity index (χ3n) is 3.55. The van der Waals surface area contributed by atoms with Crippen LogP contribution in [0.4, 0.5) is 0 Å². The van der Waals surface area contributed by atoms with Crippen LogP contribution in [-0.4, -0.2) is 25.0 Å². The monoisotopic (exact) mass is 312 g/mol. The molecule has 6 heteroatoms. The van der Waals surface area contributed by atoms with Gasteiger partial charge < -0.3 is 20.4 Å². The van der Waals surface area contributed by atoms with E-state index in [2.05, 4.69) is 20.9 Å². The molecule has 0 aliphatic carbocycles. The average molecular weight is 312 g/mol. The van der Waals surface area contributed by atoms with E-state index in [1.165, 1.54) is 0 Å². The molecule has 1 aliphatic heterocycles. The number of amides is 1. The molecular weight excluding hydrogens is 292 g/mol. The zero-order chi connectivity index (χ0) is 15.9. The van der Waals surface area contributed by atoms with E-state index in [0.29, 0.717) is 18.7 Å². The van der Waals surface area contributed by atoms with Gasteiger partial charge in [0, 0.05) is 25.2 Å². The number of rotatable bonds is 5. The molecular formula is C17H20N4O2. The second-order valence-corrected chi connectivity index (χ2v) is 5.33. The Morgan fingerprint density at radius 1 is 1.26 bits per heavy atom. The number of guanidine groups is 1. The van der Waals surface area contributed by atoms with Crippen molar-refractivity contribution in [1.82, 2.24) is 16.0 Å². The van der Waals surface area contributed by atoms with Crippen LogP contribution in [0.15, 0.2) is 52.1 Å². The molecule has 23 heavy (non-hydrogen) atoms. The van der Waals surface area contributed by atoms with Gasteiger partial charge in [-0.25, -0.2) is 0 Å². The number of carbonyl (C=O) groups is 1. The maximum atomic E-state index is 12.2. The van der Waals surface area contributed by atoms with Gasteiger partial charge in [-0.15, -0.1) is 0 Å². The Morgan fingerprint density at radius 3 is 3.00 bits per heavy atom. The molecule has 3 N–H and O–H groups in total. The topological polar surface area (TPSA) is 78.7 Å². The first-order chi connectivity index (χ1) is 11.3. The molecule has 0 saturated carbocycles. The number of hydrogen-bond acceptors (Lipinski definition) is 5. The molecule has 2 heterocycles. The molecule has 0 radical (unpaired) electrons. The van der Waals surface area contributed by atoms with Gasteiger partial charge in [0.1, 0.15) is 5.76 Å². The highest BCUT2D eigenvalue weighted by Crippen LogP contribution is 2.06. The Kier molecular flexibility index (Phi) is 4.93. The summed E-state index contributed by atoms with van der Waals surface area (Å²) >= 11 is 0. The lowest BCUT2D eigenvalue weighted by Gasteiger charge is -2.16. The first-order valence-corrected chi connectivity index (χ1v) is 7.73. The van der Waals surface area contributed by atoms with Crippen LogP contribution in [0.25, 0.3) is 0 Å². The fraction of sp³-hybridized carbons (Fsp3) is 0.294. The summed E-state index contributed by atoms with van der Waals surface area (Å²) < 4.78 is 5.20. The van der Waals surface area contributed by atoms with Gasteiger partial charge in [0.2, 0.25) is 0 Å². The molecule has 120 valence electrons.